The van der Waals surface area contributed by atoms with E-state index in [1.807, 2.05) is 36.4 Å². The molecule has 0 spiro atoms. The van der Waals surface area contributed by atoms with Gasteiger partial charge in [0.15, 0.2) is 0 Å². The molecule has 0 atom stereocenters. The second-order valence-electron chi connectivity index (χ2n) is 5.86. The van der Waals surface area contributed by atoms with Gasteiger partial charge in [-0.2, -0.15) is 5.10 Å². The van der Waals surface area contributed by atoms with Gasteiger partial charge in [0.05, 0.1) is 13.3 Å². The lowest BCUT2D eigenvalue weighted by Crippen LogP contribution is -2.17. The van der Waals surface area contributed by atoms with Crippen molar-refractivity contribution >= 4 is 34.5 Å². The van der Waals surface area contributed by atoms with Gasteiger partial charge in [0.1, 0.15) is 5.75 Å². The van der Waals surface area contributed by atoms with E-state index in [0.717, 1.165) is 16.3 Å². The van der Waals surface area contributed by atoms with Gasteiger partial charge in [-0.25, -0.2) is 5.43 Å². The number of hydrazone groups is 1. The number of hydrogen-bond acceptors (Lipinski definition) is 4. The molecule has 2 amide bonds. The normalized spacial score (nSPS) is 10.7. The molecule has 0 unspecified atom stereocenters. The van der Waals surface area contributed by atoms with Crippen LogP contribution in [0.25, 0.3) is 10.8 Å². The van der Waals surface area contributed by atoms with Gasteiger partial charge >= 0.3 is 0 Å². The first kappa shape index (κ1) is 18.1. The van der Waals surface area contributed by atoms with Crippen molar-refractivity contribution in [2.45, 2.75) is 6.92 Å². The van der Waals surface area contributed by atoms with E-state index in [1.54, 1.807) is 37.6 Å². The molecule has 0 bridgehead atoms. The molecule has 0 saturated carbocycles. The van der Waals surface area contributed by atoms with Crippen LogP contribution in [0, 0.1) is 0 Å². The molecule has 2 N–H and O–H groups in total. The zero-order valence-electron chi connectivity index (χ0n) is 15.0. The number of methoxy groups -OCH3 is 1. The van der Waals surface area contributed by atoms with Crippen LogP contribution < -0.4 is 15.5 Å². The van der Waals surface area contributed by atoms with Gasteiger partial charge in [-0.05, 0) is 41.1 Å². The van der Waals surface area contributed by atoms with Gasteiger partial charge < -0.3 is 10.1 Å². The largest absolute Gasteiger partial charge is 0.496 e. The summed E-state index contributed by atoms with van der Waals surface area (Å²) in [7, 11) is 1.59. The summed E-state index contributed by atoms with van der Waals surface area (Å²) in [4.78, 5) is 23.3. The average Bonchev–Trinajstić information content (AvgIpc) is 2.68. The molecule has 136 valence electrons. The van der Waals surface area contributed by atoms with E-state index < -0.39 is 0 Å². The third kappa shape index (κ3) is 4.30. The second-order valence-corrected chi connectivity index (χ2v) is 5.86. The maximum atomic E-state index is 12.2. The fourth-order valence-corrected chi connectivity index (χ4v) is 2.71. The number of amides is 2. The van der Waals surface area contributed by atoms with Crippen molar-refractivity contribution in [1.82, 2.24) is 5.43 Å². The topological polar surface area (TPSA) is 79.8 Å². The molecule has 0 saturated heterocycles. The number of anilines is 1. The summed E-state index contributed by atoms with van der Waals surface area (Å²) in [6.07, 6.45) is 1.57. The van der Waals surface area contributed by atoms with Crippen LogP contribution in [-0.2, 0) is 4.79 Å². The van der Waals surface area contributed by atoms with Crippen molar-refractivity contribution in [3.8, 4) is 5.75 Å². The summed E-state index contributed by atoms with van der Waals surface area (Å²) in [5.74, 6) is 0.159. The molecule has 6 heteroatoms. The fraction of sp³-hybridized carbons (Fsp3) is 0.0952. The number of nitrogens with one attached hydrogen (secondary N) is 2. The van der Waals surface area contributed by atoms with E-state index in [9.17, 15) is 9.59 Å². The number of nitrogens with zero attached hydrogens (tertiary/aromatic N) is 1. The molecule has 27 heavy (non-hydrogen) atoms. The number of carbonyl (C=O) groups excluding carboxylic acids is 2. The average molecular weight is 361 g/mol. The van der Waals surface area contributed by atoms with E-state index in [0.29, 0.717) is 17.0 Å². The minimum Gasteiger partial charge on any atom is -0.496 e. The Labute approximate surface area is 156 Å². The Kier molecular flexibility index (Phi) is 5.47. The van der Waals surface area contributed by atoms with E-state index in [2.05, 4.69) is 15.8 Å². The Morgan fingerprint density at radius 3 is 2.44 bits per heavy atom. The van der Waals surface area contributed by atoms with E-state index in [1.165, 1.54) is 6.92 Å². The Balaban J connectivity index is 1.76. The second kappa shape index (κ2) is 8.14. The highest BCUT2D eigenvalue weighted by atomic mass is 16.5. The van der Waals surface area contributed by atoms with Gasteiger partial charge in [0.2, 0.25) is 5.91 Å². The summed E-state index contributed by atoms with van der Waals surface area (Å²) in [6, 6.07) is 18.3. The highest BCUT2D eigenvalue weighted by Crippen LogP contribution is 2.26. The number of rotatable bonds is 5. The number of ether oxygens (including phenoxy) is 1. The van der Waals surface area contributed by atoms with E-state index >= 15 is 0 Å². The third-order valence-corrected chi connectivity index (χ3v) is 3.98. The lowest BCUT2D eigenvalue weighted by atomic mass is 10.0. The molecule has 3 aromatic carbocycles. The monoisotopic (exact) mass is 361 g/mol. The zero-order valence-corrected chi connectivity index (χ0v) is 15.0. The molecular weight excluding hydrogens is 342 g/mol. The highest BCUT2D eigenvalue weighted by Gasteiger charge is 2.07. The lowest BCUT2D eigenvalue weighted by Gasteiger charge is -2.08. The molecule has 6 nitrogen and oxygen atoms in total. The van der Waals surface area contributed by atoms with Crippen LogP contribution in [0.4, 0.5) is 5.69 Å². The van der Waals surface area contributed by atoms with Crippen molar-refractivity contribution in [3.63, 3.8) is 0 Å². The maximum Gasteiger partial charge on any atom is 0.271 e. The predicted octanol–water partition coefficient (Wildman–Crippen LogP) is 3.57. The molecule has 0 aliphatic carbocycles. The minimum atomic E-state index is -0.347. The third-order valence-electron chi connectivity index (χ3n) is 3.98. The molecule has 3 rings (SSSR count). The van der Waals surface area contributed by atoms with Gasteiger partial charge in [-0.1, -0.05) is 30.3 Å². The number of benzene rings is 3. The summed E-state index contributed by atoms with van der Waals surface area (Å²) in [6.45, 7) is 1.43. The molecule has 0 heterocycles. The van der Waals surface area contributed by atoms with Crippen molar-refractivity contribution in [2.75, 3.05) is 12.4 Å². The van der Waals surface area contributed by atoms with E-state index in [-0.39, 0.29) is 11.8 Å². The van der Waals surface area contributed by atoms with Crippen LogP contribution in [0.5, 0.6) is 5.75 Å². The fourth-order valence-electron chi connectivity index (χ4n) is 2.71. The van der Waals surface area contributed by atoms with Crippen LogP contribution in [0.1, 0.15) is 22.8 Å². The smallest absolute Gasteiger partial charge is 0.271 e. The van der Waals surface area contributed by atoms with Crippen LogP contribution >= 0.6 is 0 Å². The van der Waals surface area contributed by atoms with Gasteiger partial charge in [-0.15, -0.1) is 0 Å². The molecule has 0 radical (unpaired) electrons. The van der Waals surface area contributed by atoms with Crippen molar-refractivity contribution < 1.29 is 14.3 Å². The van der Waals surface area contributed by atoms with Crippen LogP contribution in [-0.4, -0.2) is 25.1 Å². The van der Waals surface area contributed by atoms with Crippen LogP contribution in [0.3, 0.4) is 0 Å². The van der Waals surface area contributed by atoms with Crippen molar-refractivity contribution in [2.24, 2.45) is 5.10 Å². The Bertz CT molecular complexity index is 1010. The van der Waals surface area contributed by atoms with Crippen LogP contribution in [0.2, 0.25) is 0 Å². The summed E-state index contributed by atoms with van der Waals surface area (Å²) < 4.78 is 5.40. The summed E-state index contributed by atoms with van der Waals surface area (Å²) >= 11 is 0. The predicted molar refractivity (Wildman–Crippen MR) is 106 cm³/mol. The minimum absolute atomic E-state index is 0.166. The van der Waals surface area contributed by atoms with Gasteiger partial charge in [0, 0.05) is 23.7 Å². The van der Waals surface area contributed by atoms with E-state index in [4.69, 9.17) is 4.74 Å². The lowest BCUT2D eigenvalue weighted by molar-refractivity contribution is -0.114. The quantitative estimate of drug-likeness (QED) is 0.538. The molecule has 0 fully saturated rings. The molecule has 0 aliphatic rings. The van der Waals surface area contributed by atoms with Crippen LogP contribution in [0.15, 0.2) is 65.8 Å². The molecule has 0 aliphatic heterocycles. The van der Waals surface area contributed by atoms with Gasteiger partial charge in [0.25, 0.3) is 5.91 Å². The van der Waals surface area contributed by atoms with Crippen molar-refractivity contribution in [1.29, 1.82) is 0 Å². The Hall–Kier alpha value is -3.67. The zero-order chi connectivity index (χ0) is 19.2. The highest BCUT2D eigenvalue weighted by molar-refractivity contribution is 6.03. The SMILES string of the molecule is COc1ccc2ccccc2c1C=NNC(=O)c1ccc(NC(C)=O)cc1. The maximum absolute atomic E-state index is 12.2. The number of fused-ring (bicyclic) bond motifs is 1. The number of carbonyl (C=O) groups is 2. The first-order chi connectivity index (χ1) is 13.1. The summed E-state index contributed by atoms with van der Waals surface area (Å²) in [5, 5.41) is 8.76. The standard InChI is InChI=1S/C21H19N3O3/c1-14(25)23-17-10-7-16(8-11-17)21(26)24-22-13-19-18-6-4-3-5-15(18)9-12-20(19)27-2/h3-13H,1-2H3,(H,23,25)(H,24,26). The van der Waals surface area contributed by atoms with Crippen molar-refractivity contribution in [3.05, 3.63) is 71.8 Å². The first-order valence-corrected chi connectivity index (χ1v) is 8.35. The first-order valence-electron chi connectivity index (χ1n) is 8.35. The Morgan fingerprint density at radius 2 is 1.74 bits per heavy atom. The molecular formula is C21H19N3O3. The Morgan fingerprint density at radius 1 is 1.00 bits per heavy atom. The number of hydrogen-bond donors (Lipinski definition) is 2. The molecule has 3 aromatic rings. The summed E-state index contributed by atoms with van der Waals surface area (Å²) in [5.41, 5.74) is 4.36. The van der Waals surface area contributed by atoms with Gasteiger partial charge in [-0.3, -0.25) is 9.59 Å². The molecule has 0 aromatic heterocycles.